The highest BCUT2D eigenvalue weighted by Gasteiger charge is 2.33. The Kier molecular flexibility index (Phi) is 3.44. The van der Waals surface area contributed by atoms with Crippen LogP contribution in [0.4, 0.5) is 0 Å². The first-order valence-corrected chi connectivity index (χ1v) is 7.14. The molecule has 106 valence electrons. The summed E-state index contributed by atoms with van der Waals surface area (Å²) in [7, 11) is 0. The molecular weight excluding hydrogens is 252 g/mol. The number of hydrogen-bond acceptors (Lipinski definition) is 3. The van der Waals surface area contributed by atoms with Gasteiger partial charge in [-0.3, -0.25) is 4.79 Å². The van der Waals surface area contributed by atoms with Crippen LogP contribution < -0.4 is 11.1 Å². The number of rotatable bonds is 4. The monoisotopic (exact) mass is 272 g/mol. The van der Waals surface area contributed by atoms with Gasteiger partial charge in [-0.05, 0) is 25.0 Å². The normalized spacial score (nSPS) is 17.4. The quantitative estimate of drug-likeness (QED) is 0.880. The third kappa shape index (κ3) is 2.54. The Labute approximate surface area is 118 Å². The zero-order valence-corrected chi connectivity index (χ0v) is 11.5. The van der Waals surface area contributed by atoms with Crippen LogP contribution in [0.5, 0.6) is 0 Å². The molecule has 3 rings (SSSR count). The van der Waals surface area contributed by atoms with Crippen molar-refractivity contribution < 1.29 is 4.79 Å². The molecule has 0 spiro atoms. The molecule has 1 aliphatic rings. The van der Waals surface area contributed by atoms with E-state index in [0.717, 1.165) is 37.0 Å². The number of fused-ring (bicyclic) bond motifs is 1. The molecule has 0 aliphatic heterocycles. The standard InChI is InChI=1S/C15H20N4O/c16-11-15(6-2-3-7-15)18-14(20)9-12-10-19-8-4-1-5-13(19)17-12/h1,4-5,8,10H,2-3,6-7,9,11,16H2,(H,18,20). The Morgan fingerprint density at radius 1 is 1.40 bits per heavy atom. The summed E-state index contributed by atoms with van der Waals surface area (Å²) in [4.78, 5) is 16.6. The van der Waals surface area contributed by atoms with Gasteiger partial charge in [0.25, 0.3) is 0 Å². The Balaban J connectivity index is 1.69. The SMILES string of the molecule is NCC1(NC(=O)Cc2cn3ccccc3n2)CCCC1. The summed E-state index contributed by atoms with van der Waals surface area (Å²) in [5.41, 5.74) is 7.31. The maximum Gasteiger partial charge on any atom is 0.226 e. The molecule has 0 bridgehead atoms. The number of aromatic nitrogens is 2. The van der Waals surface area contributed by atoms with E-state index in [9.17, 15) is 4.79 Å². The molecule has 20 heavy (non-hydrogen) atoms. The second kappa shape index (κ2) is 5.25. The topological polar surface area (TPSA) is 72.4 Å². The second-order valence-electron chi connectivity index (χ2n) is 5.61. The number of hydrogen-bond donors (Lipinski definition) is 2. The molecule has 1 fully saturated rings. The first-order chi connectivity index (χ1) is 9.71. The first kappa shape index (κ1) is 13.1. The predicted octanol–water partition coefficient (Wildman–Crippen LogP) is 1.26. The van der Waals surface area contributed by atoms with Gasteiger partial charge in [-0.25, -0.2) is 4.98 Å². The van der Waals surface area contributed by atoms with Gasteiger partial charge >= 0.3 is 0 Å². The van der Waals surface area contributed by atoms with E-state index in [1.165, 1.54) is 0 Å². The smallest absolute Gasteiger partial charge is 0.226 e. The zero-order chi connectivity index (χ0) is 14.0. The van der Waals surface area contributed by atoms with E-state index in [4.69, 9.17) is 5.73 Å². The Hall–Kier alpha value is -1.88. The highest BCUT2D eigenvalue weighted by Crippen LogP contribution is 2.28. The third-order valence-corrected chi connectivity index (χ3v) is 4.11. The number of imidazole rings is 1. The third-order valence-electron chi connectivity index (χ3n) is 4.11. The minimum Gasteiger partial charge on any atom is -0.349 e. The van der Waals surface area contributed by atoms with Crippen molar-refractivity contribution in [3.8, 4) is 0 Å². The van der Waals surface area contributed by atoms with Crippen LogP contribution in [0.15, 0.2) is 30.6 Å². The van der Waals surface area contributed by atoms with Crippen molar-refractivity contribution in [2.24, 2.45) is 5.73 Å². The second-order valence-corrected chi connectivity index (χ2v) is 5.61. The van der Waals surface area contributed by atoms with Crippen molar-refractivity contribution in [2.45, 2.75) is 37.6 Å². The van der Waals surface area contributed by atoms with Crippen LogP contribution in [-0.4, -0.2) is 27.4 Å². The predicted molar refractivity (Wildman–Crippen MR) is 77.3 cm³/mol. The van der Waals surface area contributed by atoms with Crippen molar-refractivity contribution in [3.63, 3.8) is 0 Å². The van der Waals surface area contributed by atoms with Crippen molar-refractivity contribution in [3.05, 3.63) is 36.3 Å². The van der Waals surface area contributed by atoms with E-state index in [1.807, 2.05) is 35.0 Å². The minimum atomic E-state index is -0.184. The highest BCUT2D eigenvalue weighted by molar-refractivity contribution is 5.79. The zero-order valence-electron chi connectivity index (χ0n) is 11.5. The van der Waals surface area contributed by atoms with Gasteiger partial charge in [0.15, 0.2) is 0 Å². The van der Waals surface area contributed by atoms with Crippen molar-refractivity contribution in [2.75, 3.05) is 6.54 Å². The molecule has 0 radical (unpaired) electrons. The molecule has 5 nitrogen and oxygen atoms in total. The molecule has 2 aromatic heterocycles. The molecule has 0 aromatic carbocycles. The number of nitrogens with two attached hydrogens (primary N) is 1. The van der Waals surface area contributed by atoms with Crippen LogP contribution in [-0.2, 0) is 11.2 Å². The Bertz CT molecular complexity index is 580. The fourth-order valence-electron chi connectivity index (χ4n) is 3.01. The summed E-state index contributed by atoms with van der Waals surface area (Å²) >= 11 is 0. The summed E-state index contributed by atoms with van der Waals surface area (Å²) in [6.07, 6.45) is 8.41. The van der Waals surface area contributed by atoms with E-state index in [-0.39, 0.29) is 11.4 Å². The summed E-state index contributed by atoms with van der Waals surface area (Å²) in [6, 6.07) is 5.81. The van der Waals surface area contributed by atoms with Crippen molar-refractivity contribution in [1.82, 2.24) is 14.7 Å². The minimum absolute atomic E-state index is 0.0146. The van der Waals surface area contributed by atoms with Gasteiger partial charge in [0.1, 0.15) is 5.65 Å². The first-order valence-electron chi connectivity index (χ1n) is 7.14. The lowest BCUT2D eigenvalue weighted by molar-refractivity contribution is -0.122. The fraction of sp³-hybridized carbons (Fsp3) is 0.467. The molecule has 1 aliphatic carbocycles. The number of carbonyl (C=O) groups excluding carboxylic acids is 1. The van der Waals surface area contributed by atoms with E-state index < -0.39 is 0 Å². The molecule has 1 saturated carbocycles. The highest BCUT2D eigenvalue weighted by atomic mass is 16.1. The lowest BCUT2D eigenvalue weighted by Crippen LogP contribution is -2.52. The molecule has 2 aromatic rings. The summed E-state index contributed by atoms with van der Waals surface area (Å²) < 4.78 is 1.93. The summed E-state index contributed by atoms with van der Waals surface area (Å²) in [5.74, 6) is 0.0146. The maximum absolute atomic E-state index is 12.2. The lowest BCUT2D eigenvalue weighted by atomic mass is 9.97. The van der Waals surface area contributed by atoms with Gasteiger partial charge in [-0.2, -0.15) is 0 Å². The van der Waals surface area contributed by atoms with Crippen LogP contribution in [0.1, 0.15) is 31.4 Å². The maximum atomic E-state index is 12.2. The van der Waals surface area contributed by atoms with Crippen molar-refractivity contribution in [1.29, 1.82) is 0 Å². The summed E-state index contributed by atoms with van der Waals surface area (Å²) in [6.45, 7) is 0.518. The van der Waals surface area contributed by atoms with Crippen LogP contribution in [0.25, 0.3) is 5.65 Å². The molecule has 0 atom stereocenters. The molecule has 3 N–H and O–H groups in total. The van der Waals surface area contributed by atoms with Gasteiger partial charge in [0.2, 0.25) is 5.91 Å². The van der Waals surface area contributed by atoms with Gasteiger partial charge in [-0.1, -0.05) is 18.9 Å². The van der Waals surface area contributed by atoms with Crippen LogP contribution in [0.3, 0.4) is 0 Å². The van der Waals surface area contributed by atoms with Gasteiger partial charge in [0, 0.05) is 18.9 Å². The molecule has 0 unspecified atom stereocenters. The number of nitrogens with zero attached hydrogens (tertiary/aromatic N) is 2. The molecule has 0 saturated heterocycles. The molecular formula is C15H20N4O. The number of amides is 1. The molecule has 5 heteroatoms. The molecule has 2 heterocycles. The lowest BCUT2D eigenvalue weighted by Gasteiger charge is -2.28. The van der Waals surface area contributed by atoms with Crippen molar-refractivity contribution >= 4 is 11.6 Å². The number of carbonyl (C=O) groups is 1. The fourth-order valence-corrected chi connectivity index (χ4v) is 3.01. The Morgan fingerprint density at radius 2 is 2.20 bits per heavy atom. The number of nitrogens with one attached hydrogen (secondary N) is 1. The van der Waals surface area contributed by atoms with E-state index >= 15 is 0 Å². The van der Waals surface area contributed by atoms with Gasteiger partial charge < -0.3 is 15.5 Å². The number of pyridine rings is 1. The van der Waals surface area contributed by atoms with Gasteiger partial charge in [0.05, 0.1) is 17.7 Å². The average molecular weight is 272 g/mol. The Morgan fingerprint density at radius 3 is 2.90 bits per heavy atom. The largest absolute Gasteiger partial charge is 0.349 e. The van der Waals surface area contributed by atoms with E-state index in [0.29, 0.717) is 13.0 Å². The van der Waals surface area contributed by atoms with Crippen LogP contribution in [0, 0.1) is 0 Å². The van der Waals surface area contributed by atoms with Gasteiger partial charge in [-0.15, -0.1) is 0 Å². The van der Waals surface area contributed by atoms with E-state index in [1.54, 1.807) is 0 Å². The summed E-state index contributed by atoms with van der Waals surface area (Å²) in [5, 5.41) is 3.12. The van der Waals surface area contributed by atoms with Crippen LogP contribution >= 0.6 is 0 Å². The molecule has 1 amide bonds. The van der Waals surface area contributed by atoms with Crippen LogP contribution in [0.2, 0.25) is 0 Å². The van der Waals surface area contributed by atoms with E-state index in [2.05, 4.69) is 10.3 Å². The average Bonchev–Trinajstić information content (AvgIpc) is 3.05.